The van der Waals surface area contributed by atoms with Crippen molar-refractivity contribution in [2.45, 2.75) is 24.5 Å². The van der Waals surface area contributed by atoms with Crippen molar-refractivity contribution in [3.05, 3.63) is 34.4 Å². The number of rotatable bonds is 4. The molecule has 0 saturated heterocycles. The van der Waals surface area contributed by atoms with Gasteiger partial charge in [0, 0.05) is 18.1 Å². The molecular weight excluding hydrogens is 230 g/mol. The summed E-state index contributed by atoms with van der Waals surface area (Å²) < 4.78 is 5.56. The predicted octanol–water partition coefficient (Wildman–Crippen LogP) is 3.45. The molecule has 0 fully saturated rings. The first-order chi connectivity index (χ1) is 6.90. The highest BCUT2D eigenvalue weighted by Gasteiger charge is 2.19. The Morgan fingerprint density at radius 3 is 2.47 bits per heavy atom. The first kappa shape index (κ1) is 12.2. The van der Waals surface area contributed by atoms with Crippen molar-refractivity contribution in [3.8, 4) is 0 Å². The first-order valence-corrected chi connectivity index (χ1v) is 8.64. The van der Waals surface area contributed by atoms with E-state index in [2.05, 4.69) is 0 Å². The Hall–Kier alpha value is -0.853. The molecule has 15 heavy (non-hydrogen) atoms. The minimum Gasteiger partial charge on any atom is -0.354 e. The van der Waals surface area contributed by atoms with Crippen molar-refractivity contribution in [1.29, 1.82) is 0 Å². The van der Waals surface area contributed by atoms with Crippen molar-refractivity contribution in [2.75, 3.05) is 0 Å². The summed E-state index contributed by atoms with van der Waals surface area (Å²) in [5, 5.41) is 10.7. The van der Waals surface area contributed by atoms with Gasteiger partial charge in [0.05, 0.1) is 4.92 Å². The van der Waals surface area contributed by atoms with E-state index in [0.717, 1.165) is 12.0 Å². The van der Waals surface area contributed by atoms with E-state index in [-0.39, 0.29) is 5.69 Å². The molecular formula is C9H13NO3SSi. The average molecular weight is 243 g/mol. The van der Waals surface area contributed by atoms with Crippen molar-refractivity contribution in [2.24, 2.45) is 0 Å². The number of para-hydroxylation sites is 1. The summed E-state index contributed by atoms with van der Waals surface area (Å²) in [4.78, 5) is 10.9. The van der Waals surface area contributed by atoms with E-state index in [0.29, 0.717) is 4.90 Å². The molecule has 0 aliphatic heterocycles. The molecule has 0 aromatic heterocycles. The normalized spacial score (nSPS) is 11.4. The van der Waals surface area contributed by atoms with Crippen LogP contribution in [0.1, 0.15) is 0 Å². The number of hydrogen-bond donors (Lipinski definition) is 0. The van der Waals surface area contributed by atoms with Crippen LogP contribution in [-0.2, 0) is 3.87 Å². The third-order valence-electron chi connectivity index (χ3n) is 1.44. The molecule has 0 aliphatic carbocycles. The Morgan fingerprint density at radius 2 is 1.93 bits per heavy atom. The maximum atomic E-state index is 10.7. The smallest absolute Gasteiger partial charge is 0.285 e. The van der Waals surface area contributed by atoms with Crippen LogP contribution in [0.25, 0.3) is 0 Å². The second-order valence-corrected chi connectivity index (χ2v) is 9.50. The maximum Gasteiger partial charge on any atom is 0.285 e. The number of nitrogens with zero attached hydrogens (tertiary/aromatic N) is 1. The molecule has 0 saturated carbocycles. The van der Waals surface area contributed by atoms with E-state index in [1.165, 1.54) is 6.07 Å². The van der Waals surface area contributed by atoms with Gasteiger partial charge in [0.15, 0.2) is 0 Å². The van der Waals surface area contributed by atoms with E-state index in [4.69, 9.17) is 3.87 Å². The van der Waals surface area contributed by atoms with E-state index in [9.17, 15) is 10.1 Å². The molecule has 1 rings (SSSR count). The van der Waals surface area contributed by atoms with Crippen molar-refractivity contribution in [3.63, 3.8) is 0 Å². The minimum atomic E-state index is -1.66. The van der Waals surface area contributed by atoms with Gasteiger partial charge in [-0.1, -0.05) is 12.1 Å². The lowest BCUT2D eigenvalue weighted by Gasteiger charge is -2.14. The Bertz CT molecular complexity index is 365. The molecule has 0 aliphatic rings. The van der Waals surface area contributed by atoms with E-state index >= 15 is 0 Å². The van der Waals surface area contributed by atoms with Gasteiger partial charge in [0.25, 0.3) is 5.69 Å². The van der Waals surface area contributed by atoms with E-state index < -0.39 is 13.2 Å². The lowest BCUT2D eigenvalue weighted by atomic mass is 10.3. The van der Waals surface area contributed by atoms with E-state index in [1.54, 1.807) is 18.2 Å². The molecule has 0 spiro atoms. The van der Waals surface area contributed by atoms with Crippen LogP contribution in [0.15, 0.2) is 29.2 Å². The fourth-order valence-electron chi connectivity index (χ4n) is 0.848. The molecule has 6 heteroatoms. The molecule has 0 N–H and O–H groups in total. The molecule has 0 amide bonds. The zero-order chi connectivity index (χ0) is 11.5. The summed E-state index contributed by atoms with van der Waals surface area (Å²) in [6.07, 6.45) is 0. The lowest BCUT2D eigenvalue weighted by Crippen LogP contribution is -2.21. The highest BCUT2D eigenvalue weighted by atomic mass is 32.2. The number of hydrogen-bond acceptors (Lipinski definition) is 4. The lowest BCUT2D eigenvalue weighted by molar-refractivity contribution is -0.387. The van der Waals surface area contributed by atoms with Crippen molar-refractivity contribution < 1.29 is 8.80 Å². The van der Waals surface area contributed by atoms with Crippen LogP contribution in [0.5, 0.6) is 0 Å². The zero-order valence-corrected chi connectivity index (χ0v) is 10.7. The summed E-state index contributed by atoms with van der Waals surface area (Å²) in [6.45, 7) is 6.11. The monoisotopic (exact) mass is 243 g/mol. The zero-order valence-electron chi connectivity index (χ0n) is 8.89. The largest absolute Gasteiger partial charge is 0.354 e. The minimum absolute atomic E-state index is 0.0979. The fourth-order valence-corrected chi connectivity index (χ4v) is 2.57. The van der Waals surface area contributed by atoms with Crippen molar-refractivity contribution in [1.82, 2.24) is 0 Å². The predicted molar refractivity (Wildman–Crippen MR) is 63.4 cm³/mol. The van der Waals surface area contributed by atoms with Gasteiger partial charge in [-0.05, 0) is 25.7 Å². The van der Waals surface area contributed by atoms with Gasteiger partial charge >= 0.3 is 0 Å². The van der Waals surface area contributed by atoms with Crippen LogP contribution in [0, 0.1) is 10.1 Å². The molecule has 0 heterocycles. The molecule has 82 valence electrons. The molecule has 0 atom stereocenters. The van der Waals surface area contributed by atoms with Crippen LogP contribution in [0.4, 0.5) is 5.69 Å². The Kier molecular flexibility index (Phi) is 3.89. The second kappa shape index (κ2) is 4.78. The summed E-state index contributed by atoms with van der Waals surface area (Å²) >= 11 is 1.10. The summed E-state index contributed by atoms with van der Waals surface area (Å²) in [7, 11) is -1.66. The highest BCUT2D eigenvalue weighted by Crippen LogP contribution is 2.31. The number of nitro benzene ring substituents is 1. The molecule has 1 aromatic rings. The van der Waals surface area contributed by atoms with Gasteiger partial charge < -0.3 is 3.87 Å². The standard InChI is InChI=1S/C9H13NO3SSi/c1-15(2,3)13-14-9-7-5-4-6-8(9)10(11)12/h4-7H,1-3H3. The van der Waals surface area contributed by atoms with E-state index in [1.807, 2.05) is 19.6 Å². The quantitative estimate of drug-likeness (QED) is 0.352. The van der Waals surface area contributed by atoms with Crippen LogP contribution in [0.2, 0.25) is 19.6 Å². The molecule has 0 bridgehead atoms. The van der Waals surface area contributed by atoms with Crippen LogP contribution in [-0.4, -0.2) is 13.2 Å². The number of nitro groups is 1. The SMILES string of the molecule is C[Si](C)(C)OSc1ccccc1[N+](=O)[O-]. The van der Waals surface area contributed by atoms with Gasteiger partial charge in [-0.15, -0.1) is 0 Å². The summed E-state index contributed by atoms with van der Waals surface area (Å²) in [5.41, 5.74) is 0.0979. The second-order valence-electron chi connectivity index (χ2n) is 4.00. The van der Waals surface area contributed by atoms with Crippen molar-refractivity contribution >= 4 is 26.0 Å². The van der Waals surface area contributed by atoms with Gasteiger partial charge in [0.1, 0.15) is 4.90 Å². The molecule has 1 aromatic carbocycles. The van der Waals surface area contributed by atoms with Gasteiger partial charge in [-0.2, -0.15) is 0 Å². The average Bonchev–Trinajstić information content (AvgIpc) is 2.14. The Morgan fingerprint density at radius 1 is 1.33 bits per heavy atom. The van der Waals surface area contributed by atoms with Crippen LogP contribution < -0.4 is 0 Å². The third-order valence-corrected chi connectivity index (χ3v) is 4.30. The van der Waals surface area contributed by atoms with Gasteiger partial charge in [-0.3, -0.25) is 10.1 Å². The summed E-state index contributed by atoms with van der Waals surface area (Å²) in [5.74, 6) is 0. The summed E-state index contributed by atoms with van der Waals surface area (Å²) in [6, 6.07) is 6.60. The maximum absolute atomic E-state index is 10.7. The fraction of sp³-hybridized carbons (Fsp3) is 0.333. The third kappa shape index (κ3) is 4.02. The number of benzene rings is 1. The Labute approximate surface area is 94.1 Å². The Balaban J connectivity index is 2.81. The van der Waals surface area contributed by atoms with Crippen LogP contribution in [0.3, 0.4) is 0 Å². The van der Waals surface area contributed by atoms with Gasteiger partial charge in [-0.25, -0.2) is 0 Å². The molecule has 0 radical (unpaired) electrons. The highest BCUT2D eigenvalue weighted by molar-refractivity contribution is 7.95. The molecule has 0 unspecified atom stereocenters. The molecule has 4 nitrogen and oxygen atoms in total. The van der Waals surface area contributed by atoms with Gasteiger partial charge in [0.2, 0.25) is 8.32 Å². The first-order valence-electron chi connectivity index (χ1n) is 4.49. The topological polar surface area (TPSA) is 52.4 Å². The van der Waals surface area contributed by atoms with Crippen LogP contribution >= 0.6 is 12.0 Å².